The summed E-state index contributed by atoms with van der Waals surface area (Å²) in [6.07, 6.45) is -1.00. The van der Waals surface area contributed by atoms with Crippen molar-refractivity contribution in [3.8, 4) is 6.07 Å². The van der Waals surface area contributed by atoms with E-state index in [9.17, 15) is 20.2 Å². The molecule has 0 aromatic heterocycles. The number of rotatable bonds is 12. The summed E-state index contributed by atoms with van der Waals surface area (Å²) in [6, 6.07) is 14.0. The fraction of sp³-hybridized carbons (Fsp3) is 0.567. The van der Waals surface area contributed by atoms with Gasteiger partial charge in [0.15, 0.2) is 0 Å². The molecule has 41 heavy (non-hydrogen) atoms. The van der Waals surface area contributed by atoms with Crippen LogP contribution in [0.2, 0.25) is 0 Å². The van der Waals surface area contributed by atoms with Crippen molar-refractivity contribution >= 4 is 19.9 Å². The van der Waals surface area contributed by atoms with Gasteiger partial charge in [-0.1, -0.05) is 79.7 Å². The summed E-state index contributed by atoms with van der Waals surface area (Å²) in [7, 11) is -1.83. The number of hydrogen-bond donors (Lipinski definition) is 0. The van der Waals surface area contributed by atoms with Gasteiger partial charge in [0, 0.05) is 24.2 Å². The largest absolute Gasteiger partial charge is 0.321 e. The van der Waals surface area contributed by atoms with Crippen LogP contribution in [0.15, 0.2) is 48.5 Å². The summed E-state index contributed by atoms with van der Waals surface area (Å²) in [5.41, 5.74) is -0.0668. The summed E-state index contributed by atoms with van der Waals surface area (Å²) in [6.45, 7) is 23.9. The number of nitro groups is 2. The second kappa shape index (κ2) is 26.0. The first kappa shape index (κ1) is 42.5. The molecule has 0 saturated heterocycles. The lowest BCUT2D eigenvalue weighted by Crippen LogP contribution is -2.34. The van der Waals surface area contributed by atoms with E-state index in [0.717, 1.165) is 0 Å². The number of benzene rings is 2. The fourth-order valence-electron chi connectivity index (χ4n) is 3.42. The quantitative estimate of drug-likeness (QED) is 0.103. The third-order valence-corrected chi connectivity index (χ3v) is 6.79. The molecule has 1 atom stereocenters. The molecule has 232 valence electrons. The van der Waals surface area contributed by atoms with Crippen molar-refractivity contribution in [3.05, 3.63) is 79.9 Å². The third-order valence-electron chi connectivity index (χ3n) is 4.69. The Morgan fingerprint density at radius 3 is 1.46 bits per heavy atom. The van der Waals surface area contributed by atoms with Gasteiger partial charge in [-0.15, -0.1) is 0 Å². The number of para-hydroxylation sites is 2. The third kappa shape index (κ3) is 14.5. The fourth-order valence-corrected chi connectivity index (χ4v) is 5.13. The van der Waals surface area contributed by atoms with Gasteiger partial charge < -0.3 is 9.05 Å². The highest BCUT2D eigenvalue weighted by atomic mass is 31.2. The lowest BCUT2D eigenvalue weighted by Gasteiger charge is -2.37. The SMILES string of the molecule is CC.CC.CC.CC.CC(C)N(C(C)C)P(OCCC#N)OC(c1ccccc1[N+](=O)[O-])c1ccccc1[N+](=O)[O-]. The van der Waals surface area contributed by atoms with Gasteiger partial charge in [0.25, 0.3) is 19.9 Å². The van der Waals surface area contributed by atoms with Crippen LogP contribution in [0.25, 0.3) is 0 Å². The van der Waals surface area contributed by atoms with E-state index in [1.807, 2.05) is 93.8 Å². The van der Waals surface area contributed by atoms with Crippen LogP contribution in [0.5, 0.6) is 0 Å². The Morgan fingerprint density at radius 1 is 0.780 bits per heavy atom. The van der Waals surface area contributed by atoms with Gasteiger partial charge in [-0.05, 0) is 39.8 Å². The zero-order valence-electron chi connectivity index (χ0n) is 27.0. The second-order valence-corrected chi connectivity index (χ2v) is 9.07. The summed E-state index contributed by atoms with van der Waals surface area (Å²) < 4.78 is 14.3. The molecule has 0 aliphatic rings. The van der Waals surface area contributed by atoms with Gasteiger partial charge in [0.2, 0.25) is 0 Å². The highest BCUT2D eigenvalue weighted by Crippen LogP contribution is 2.53. The van der Waals surface area contributed by atoms with Gasteiger partial charge in [0.1, 0.15) is 6.10 Å². The van der Waals surface area contributed by atoms with Crippen molar-refractivity contribution in [2.24, 2.45) is 0 Å². The number of nitro benzene ring substituents is 2. The maximum atomic E-state index is 11.8. The van der Waals surface area contributed by atoms with Gasteiger partial charge in [-0.25, -0.2) is 4.67 Å². The van der Waals surface area contributed by atoms with Crippen LogP contribution in [-0.2, 0) is 9.05 Å². The average molecular weight is 595 g/mol. The monoisotopic (exact) mass is 594 g/mol. The molecular formula is C30H51N4O6P. The first-order valence-corrected chi connectivity index (χ1v) is 15.5. The van der Waals surface area contributed by atoms with E-state index < -0.39 is 24.5 Å². The van der Waals surface area contributed by atoms with Crippen molar-refractivity contribution in [1.82, 2.24) is 4.67 Å². The minimum Gasteiger partial charge on any atom is -0.321 e. The van der Waals surface area contributed by atoms with Crippen LogP contribution >= 0.6 is 8.53 Å². The molecule has 0 fully saturated rings. The normalized spacial score (nSPS) is 10.5. The molecule has 0 saturated carbocycles. The standard InChI is InChI=1S/C22H27N4O6P.4C2H6/c1-16(2)24(17(3)4)33(31-15-9-14-23)32-22(18-10-5-7-12-20(18)25(27)28)19-11-6-8-13-21(19)26(29)30;4*1-2/h5-8,10-13,16-17,22H,9,15H2,1-4H3;4*1-2H3. The molecule has 2 rings (SSSR count). The van der Waals surface area contributed by atoms with Crippen molar-refractivity contribution in [3.63, 3.8) is 0 Å². The van der Waals surface area contributed by atoms with Gasteiger partial charge in [0.05, 0.1) is 40.1 Å². The number of hydrogen-bond acceptors (Lipinski definition) is 8. The van der Waals surface area contributed by atoms with E-state index in [1.54, 1.807) is 12.1 Å². The van der Waals surface area contributed by atoms with E-state index in [0.29, 0.717) is 0 Å². The molecule has 2 aromatic carbocycles. The van der Waals surface area contributed by atoms with Crippen molar-refractivity contribution in [1.29, 1.82) is 5.26 Å². The van der Waals surface area contributed by atoms with Crippen molar-refractivity contribution in [2.75, 3.05) is 6.61 Å². The lowest BCUT2D eigenvalue weighted by molar-refractivity contribution is -0.387. The zero-order chi connectivity index (χ0) is 32.5. The molecule has 11 heteroatoms. The first-order chi connectivity index (χ1) is 19.7. The van der Waals surface area contributed by atoms with Crippen LogP contribution in [-0.4, -0.2) is 33.2 Å². The predicted octanol–water partition coefficient (Wildman–Crippen LogP) is 9.99. The predicted molar refractivity (Wildman–Crippen MR) is 170 cm³/mol. The van der Waals surface area contributed by atoms with Crippen LogP contribution in [0.4, 0.5) is 11.4 Å². The van der Waals surface area contributed by atoms with E-state index in [1.165, 1.54) is 36.4 Å². The molecule has 1 unspecified atom stereocenters. The Labute approximate surface area is 248 Å². The minimum atomic E-state index is -1.83. The van der Waals surface area contributed by atoms with Crippen molar-refractivity contribution < 1.29 is 18.9 Å². The Morgan fingerprint density at radius 2 is 1.15 bits per heavy atom. The molecular weight excluding hydrogens is 543 g/mol. The Hall–Kier alpha value is -2.96. The Kier molecular flexibility index (Phi) is 26.9. The smallest absolute Gasteiger partial charge is 0.275 e. The summed E-state index contributed by atoms with van der Waals surface area (Å²) in [4.78, 5) is 22.5. The molecule has 0 spiro atoms. The molecule has 0 radical (unpaired) electrons. The van der Waals surface area contributed by atoms with Crippen LogP contribution in [0.1, 0.15) is 107 Å². The summed E-state index contributed by atoms with van der Waals surface area (Å²) in [5.74, 6) is 0. The van der Waals surface area contributed by atoms with Gasteiger partial charge >= 0.3 is 0 Å². The topological polar surface area (TPSA) is 132 Å². The van der Waals surface area contributed by atoms with E-state index in [2.05, 4.69) is 0 Å². The molecule has 0 aliphatic heterocycles. The van der Waals surface area contributed by atoms with Crippen LogP contribution < -0.4 is 0 Å². The van der Waals surface area contributed by atoms with Crippen LogP contribution in [0, 0.1) is 31.6 Å². The van der Waals surface area contributed by atoms with Crippen LogP contribution in [0.3, 0.4) is 0 Å². The Balaban J connectivity index is -0.00000165. The molecule has 0 N–H and O–H groups in total. The van der Waals surface area contributed by atoms with Crippen molar-refractivity contribution in [2.45, 2.75) is 108 Å². The van der Waals surface area contributed by atoms with Gasteiger partial charge in [-0.2, -0.15) is 5.26 Å². The lowest BCUT2D eigenvalue weighted by atomic mass is 9.98. The maximum Gasteiger partial charge on any atom is 0.275 e. The van der Waals surface area contributed by atoms with E-state index in [4.69, 9.17) is 14.3 Å². The molecule has 0 heterocycles. The Bertz CT molecular complexity index is 949. The second-order valence-electron chi connectivity index (χ2n) is 7.66. The number of nitrogens with zero attached hydrogens (tertiary/aromatic N) is 4. The number of nitriles is 1. The zero-order valence-corrected chi connectivity index (χ0v) is 27.8. The van der Waals surface area contributed by atoms with E-state index >= 15 is 0 Å². The van der Waals surface area contributed by atoms with E-state index in [-0.39, 0.29) is 47.6 Å². The van der Waals surface area contributed by atoms with Gasteiger partial charge in [-0.3, -0.25) is 20.2 Å². The maximum absolute atomic E-state index is 11.8. The first-order valence-electron chi connectivity index (χ1n) is 14.4. The molecule has 0 bridgehead atoms. The molecule has 0 amide bonds. The highest BCUT2D eigenvalue weighted by molar-refractivity contribution is 7.44. The molecule has 10 nitrogen and oxygen atoms in total. The average Bonchev–Trinajstić information content (AvgIpc) is 2.99. The minimum absolute atomic E-state index is 0.0182. The summed E-state index contributed by atoms with van der Waals surface area (Å²) >= 11 is 0. The molecule has 2 aromatic rings. The molecule has 0 aliphatic carbocycles. The highest BCUT2D eigenvalue weighted by Gasteiger charge is 2.36. The summed E-state index contributed by atoms with van der Waals surface area (Å²) in [5, 5.41) is 32.5.